The molecule has 0 aliphatic carbocycles. The van der Waals surface area contributed by atoms with Crippen molar-refractivity contribution in [2.24, 2.45) is 4.99 Å². The molecule has 1 N–H and O–H groups in total. The highest BCUT2D eigenvalue weighted by Gasteiger charge is 2.00. The minimum atomic E-state index is 0.527. The van der Waals surface area contributed by atoms with Gasteiger partial charge in [-0.3, -0.25) is 4.99 Å². The predicted molar refractivity (Wildman–Crippen MR) is 44.1 cm³/mol. The van der Waals surface area contributed by atoms with E-state index >= 15 is 0 Å². The van der Waals surface area contributed by atoms with Crippen LogP contribution in [0, 0.1) is 0 Å². The van der Waals surface area contributed by atoms with Crippen molar-refractivity contribution in [1.29, 1.82) is 0 Å². The Kier molecular flexibility index (Phi) is 2.49. The fraction of sp³-hybridized carbons (Fsp3) is 0.625. The molecule has 0 saturated heterocycles. The maximum atomic E-state index is 4.06. The molecule has 2 nitrogen and oxygen atoms in total. The second-order valence-electron chi connectivity index (χ2n) is 2.82. The molecule has 1 aliphatic heterocycles. The number of hydrogen-bond donors (Lipinski definition) is 1. The molecule has 0 aromatic rings. The normalized spacial score (nSPS) is 17.3. The van der Waals surface area contributed by atoms with Gasteiger partial charge in [0.15, 0.2) is 0 Å². The molecule has 0 radical (unpaired) electrons. The molecule has 0 saturated carbocycles. The molecule has 56 valence electrons. The highest BCUT2D eigenvalue weighted by Crippen LogP contribution is 2.05. The van der Waals surface area contributed by atoms with Crippen LogP contribution in [0.1, 0.15) is 26.7 Å². The zero-order chi connectivity index (χ0) is 7.40. The van der Waals surface area contributed by atoms with Crippen LogP contribution in [-0.4, -0.2) is 12.3 Å². The van der Waals surface area contributed by atoms with E-state index in [4.69, 9.17) is 0 Å². The summed E-state index contributed by atoms with van der Waals surface area (Å²) in [6.07, 6.45) is 6.04. The van der Waals surface area contributed by atoms with Gasteiger partial charge in [-0.25, -0.2) is 0 Å². The lowest BCUT2D eigenvalue weighted by Gasteiger charge is -2.13. The Morgan fingerprint density at radius 2 is 2.40 bits per heavy atom. The van der Waals surface area contributed by atoms with E-state index in [0.29, 0.717) is 6.04 Å². The molecule has 2 heteroatoms. The van der Waals surface area contributed by atoms with E-state index in [-0.39, 0.29) is 0 Å². The largest absolute Gasteiger partial charge is 0.385 e. The number of nitrogens with one attached hydrogen (secondary N) is 1. The van der Waals surface area contributed by atoms with Crippen molar-refractivity contribution in [1.82, 2.24) is 5.32 Å². The van der Waals surface area contributed by atoms with Crippen molar-refractivity contribution in [3.05, 3.63) is 11.9 Å². The number of allylic oxidation sites excluding steroid dienone is 1. The summed E-state index contributed by atoms with van der Waals surface area (Å²) in [5.74, 6) is 0. The van der Waals surface area contributed by atoms with Gasteiger partial charge in [0, 0.05) is 24.2 Å². The first-order valence-electron chi connectivity index (χ1n) is 3.76. The number of aliphatic imine (C=N–C) groups is 1. The molecule has 10 heavy (non-hydrogen) atoms. The van der Waals surface area contributed by atoms with Gasteiger partial charge in [0.1, 0.15) is 0 Å². The Balaban J connectivity index is 2.39. The summed E-state index contributed by atoms with van der Waals surface area (Å²) < 4.78 is 0. The molecule has 0 aromatic heterocycles. The minimum Gasteiger partial charge on any atom is -0.385 e. The SMILES string of the molecule is CC(C)NC1=CN=CCC1. The lowest BCUT2D eigenvalue weighted by atomic mass is 10.2. The minimum absolute atomic E-state index is 0.527. The molecule has 0 fully saturated rings. The van der Waals surface area contributed by atoms with Crippen LogP contribution in [-0.2, 0) is 0 Å². The summed E-state index contributed by atoms with van der Waals surface area (Å²) in [6.45, 7) is 4.28. The summed E-state index contributed by atoms with van der Waals surface area (Å²) in [7, 11) is 0. The van der Waals surface area contributed by atoms with E-state index < -0.39 is 0 Å². The third-order valence-corrected chi connectivity index (χ3v) is 1.35. The van der Waals surface area contributed by atoms with Crippen LogP contribution in [0.15, 0.2) is 16.9 Å². The van der Waals surface area contributed by atoms with Crippen molar-refractivity contribution >= 4 is 6.21 Å². The fourth-order valence-electron chi connectivity index (χ4n) is 0.982. The monoisotopic (exact) mass is 138 g/mol. The van der Waals surface area contributed by atoms with Gasteiger partial charge in [0.05, 0.1) is 0 Å². The summed E-state index contributed by atoms with van der Waals surface area (Å²) in [4.78, 5) is 4.06. The molecule has 0 aromatic carbocycles. The van der Waals surface area contributed by atoms with Gasteiger partial charge in [-0.15, -0.1) is 0 Å². The molecule has 1 rings (SSSR count). The summed E-state index contributed by atoms with van der Waals surface area (Å²) in [5, 5.41) is 3.33. The lowest BCUT2D eigenvalue weighted by Crippen LogP contribution is -2.22. The van der Waals surface area contributed by atoms with Crippen LogP contribution in [0.3, 0.4) is 0 Å². The molecular weight excluding hydrogens is 124 g/mol. The zero-order valence-electron chi connectivity index (χ0n) is 6.59. The van der Waals surface area contributed by atoms with Crippen LogP contribution in [0.2, 0.25) is 0 Å². The van der Waals surface area contributed by atoms with Crippen LogP contribution in [0.5, 0.6) is 0 Å². The van der Waals surface area contributed by atoms with E-state index in [1.165, 1.54) is 5.70 Å². The van der Waals surface area contributed by atoms with Crippen LogP contribution in [0.25, 0.3) is 0 Å². The molecule has 0 amide bonds. The van der Waals surface area contributed by atoms with Gasteiger partial charge < -0.3 is 5.32 Å². The van der Waals surface area contributed by atoms with Crippen LogP contribution < -0.4 is 5.32 Å². The smallest absolute Gasteiger partial charge is 0.0453 e. The Hall–Kier alpha value is -0.790. The summed E-state index contributed by atoms with van der Waals surface area (Å²) in [5.41, 5.74) is 1.26. The molecule has 0 atom stereocenters. The van der Waals surface area contributed by atoms with Crippen LogP contribution >= 0.6 is 0 Å². The van der Waals surface area contributed by atoms with Crippen molar-refractivity contribution in [2.45, 2.75) is 32.7 Å². The number of nitrogens with zero attached hydrogens (tertiary/aromatic N) is 1. The second kappa shape index (κ2) is 3.40. The zero-order valence-corrected chi connectivity index (χ0v) is 6.59. The molecule has 0 unspecified atom stereocenters. The molecule has 0 bridgehead atoms. The maximum Gasteiger partial charge on any atom is 0.0453 e. The Bertz CT molecular complexity index is 157. The Labute approximate surface area is 62.0 Å². The average molecular weight is 138 g/mol. The quantitative estimate of drug-likeness (QED) is 0.617. The highest BCUT2D eigenvalue weighted by atomic mass is 14.9. The topological polar surface area (TPSA) is 24.4 Å². The van der Waals surface area contributed by atoms with Crippen molar-refractivity contribution < 1.29 is 0 Å². The van der Waals surface area contributed by atoms with Crippen LogP contribution in [0.4, 0.5) is 0 Å². The number of rotatable bonds is 2. The standard InChI is InChI=1S/C8H14N2/c1-7(2)10-8-4-3-5-9-6-8/h5-7,10H,3-4H2,1-2H3. The maximum absolute atomic E-state index is 4.06. The fourth-order valence-corrected chi connectivity index (χ4v) is 0.982. The average Bonchev–Trinajstić information content (AvgIpc) is 1.88. The Morgan fingerprint density at radius 1 is 1.60 bits per heavy atom. The lowest BCUT2D eigenvalue weighted by molar-refractivity contribution is 0.641. The van der Waals surface area contributed by atoms with Gasteiger partial charge in [-0.2, -0.15) is 0 Å². The molecule has 1 heterocycles. The van der Waals surface area contributed by atoms with Crippen molar-refractivity contribution in [2.75, 3.05) is 0 Å². The Morgan fingerprint density at radius 3 is 2.90 bits per heavy atom. The van der Waals surface area contributed by atoms with Crippen molar-refractivity contribution in [3.63, 3.8) is 0 Å². The van der Waals surface area contributed by atoms with Gasteiger partial charge in [-0.1, -0.05) is 0 Å². The first-order valence-corrected chi connectivity index (χ1v) is 3.76. The third-order valence-electron chi connectivity index (χ3n) is 1.35. The van der Waals surface area contributed by atoms with E-state index in [9.17, 15) is 0 Å². The first kappa shape index (κ1) is 7.32. The molecule has 0 spiro atoms. The van der Waals surface area contributed by atoms with E-state index in [1.54, 1.807) is 0 Å². The van der Waals surface area contributed by atoms with Gasteiger partial charge in [0.25, 0.3) is 0 Å². The van der Waals surface area contributed by atoms with E-state index in [2.05, 4.69) is 24.2 Å². The van der Waals surface area contributed by atoms with Gasteiger partial charge >= 0.3 is 0 Å². The van der Waals surface area contributed by atoms with E-state index in [1.807, 2.05) is 12.4 Å². The van der Waals surface area contributed by atoms with Gasteiger partial charge in [0.2, 0.25) is 0 Å². The first-order chi connectivity index (χ1) is 4.79. The molecule has 1 aliphatic rings. The van der Waals surface area contributed by atoms with E-state index in [0.717, 1.165) is 12.8 Å². The second-order valence-corrected chi connectivity index (χ2v) is 2.82. The highest BCUT2D eigenvalue weighted by molar-refractivity contribution is 5.60. The van der Waals surface area contributed by atoms with Gasteiger partial charge in [-0.05, 0) is 26.7 Å². The third kappa shape index (κ3) is 2.21. The summed E-state index contributed by atoms with van der Waals surface area (Å²) in [6, 6.07) is 0.527. The van der Waals surface area contributed by atoms with Crippen molar-refractivity contribution in [3.8, 4) is 0 Å². The number of hydrogen-bond acceptors (Lipinski definition) is 2. The predicted octanol–water partition coefficient (Wildman–Crippen LogP) is 1.69. The molecular formula is C8H14N2. The summed E-state index contributed by atoms with van der Waals surface area (Å²) >= 11 is 0.